The molecule has 0 aromatic heterocycles. The third kappa shape index (κ3) is 8.28. The number of nitrogens with zero attached hydrogens (tertiary/aromatic N) is 2. The monoisotopic (exact) mass is 619 g/mol. The number of hydrogen-bond donors (Lipinski definition) is 3. The van der Waals surface area contributed by atoms with Crippen molar-refractivity contribution in [3.63, 3.8) is 0 Å². The molecule has 45 heavy (non-hydrogen) atoms. The number of morpholine rings is 1. The highest BCUT2D eigenvalue weighted by Crippen LogP contribution is 2.36. The summed E-state index contributed by atoms with van der Waals surface area (Å²) in [6, 6.07) is 14.3. The summed E-state index contributed by atoms with van der Waals surface area (Å²) < 4.78 is 22.1. The van der Waals surface area contributed by atoms with Gasteiger partial charge in [-0.15, -0.1) is 0 Å². The molecule has 1 heterocycles. The fourth-order valence-electron chi connectivity index (χ4n) is 4.95. The maximum atomic E-state index is 14.0. The van der Waals surface area contributed by atoms with E-state index in [0.717, 1.165) is 30.6 Å². The van der Waals surface area contributed by atoms with E-state index in [9.17, 15) is 14.4 Å². The molecule has 12 heteroatoms. The lowest BCUT2D eigenvalue weighted by Gasteiger charge is -2.26. The Hall–Kier alpha value is -4.68. The lowest BCUT2D eigenvalue weighted by Crippen LogP contribution is -2.38. The molecule has 3 aromatic carbocycles. The predicted octanol–water partition coefficient (Wildman–Crippen LogP) is 4.04. The summed E-state index contributed by atoms with van der Waals surface area (Å²) in [4.78, 5) is 40.9. The number of hydrogen-bond acceptors (Lipinski definition) is 9. The number of hydrazone groups is 1. The molecule has 3 amide bonds. The minimum absolute atomic E-state index is 0.107. The zero-order valence-corrected chi connectivity index (χ0v) is 26.4. The fourth-order valence-corrected chi connectivity index (χ4v) is 4.95. The number of carbonyl (C=O) groups is 3. The van der Waals surface area contributed by atoms with E-state index in [1.807, 2.05) is 45.0 Å². The maximum absolute atomic E-state index is 14.0. The lowest BCUT2D eigenvalue weighted by atomic mass is 9.85. The van der Waals surface area contributed by atoms with E-state index >= 15 is 0 Å². The molecule has 0 radical (unpaired) electrons. The first kappa shape index (κ1) is 33.2. The molecule has 1 saturated heterocycles. The van der Waals surface area contributed by atoms with Gasteiger partial charge in [-0.2, -0.15) is 5.10 Å². The summed E-state index contributed by atoms with van der Waals surface area (Å²) in [5.74, 6) is -0.624. The Morgan fingerprint density at radius 3 is 2.38 bits per heavy atom. The quantitative estimate of drug-likeness (QED) is 0.215. The highest BCUT2D eigenvalue weighted by Gasteiger charge is 2.26. The van der Waals surface area contributed by atoms with Crippen LogP contribution in [0, 0.1) is 0 Å². The van der Waals surface area contributed by atoms with Crippen LogP contribution >= 0.6 is 0 Å². The van der Waals surface area contributed by atoms with Gasteiger partial charge in [-0.1, -0.05) is 45.0 Å². The number of rotatable bonds is 11. The van der Waals surface area contributed by atoms with Gasteiger partial charge >= 0.3 is 6.09 Å². The summed E-state index contributed by atoms with van der Waals surface area (Å²) >= 11 is 0. The number of ether oxygens (including phenoxy) is 4. The zero-order chi connectivity index (χ0) is 32.6. The Morgan fingerprint density at radius 1 is 1.02 bits per heavy atom. The largest absolute Gasteiger partial charge is 0.494 e. The van der Waals surface area contributed by atoms with Gasteiger partial charge in [-0.05, 0) is 47.6 Å². The van der Waals surface area contributed by atoms with Gasteiger partial charge < -0.3 is 30.0 Å². The van der Waals surface area contributed by atoms with E-state index in [1.165, 1.54) is 7.11 Å². The van der Waals surface area contributed by atoms with Crippen LogP contribution < -0.4 is 25.9 Å². The topological polar surface area (TPSA) is 154 Å². The number of primary amides is 1. The van der Waals surface area contributed by atoms with Crippen LogP contribution in [-0.2, 0) is 19.7 Å². The SMILES string of the molecule is CCOC(=O)N/N=C(/C(=O)Nc1cc(C(C)(C)C)cc(C(N)=O)c1OC)c1ccc(OCCN2CCOCC2)c2ccccc12. The highest BCUT2D eigenvalue weighted by atomic mass is 16.5. The molecule has 0 unspecified atom stereocenters. The fraction of sp³-hybridized carbons (Fsp3) is 0.394. The maximum Gasteiger partial charge on any atom is 0.427 e. The molecule has 4 N–H and O–H groups in total. The zero-order valence-electron chi connectivity index (χ0n) is 26.4. The molecule has 0 bridgehead atoms. The molecule has 12 nitrogen and oxygen atoms in total. The first-order valence-corrected chi connectivity index (χ1v) is 14.8. The summed E-state index contributed by atoms with van der Waals surface area (Å²) in [6.07, 6.45) is -0.821. The summed E-state index contributed by atoms with van der Waals surface area (Å²) in [5, 5.41) is 8.45. The van der Waals surface area contributed by atoms with Crippen molar-refractivity contribution in [1.82, 2.24) is 10.3 Å². The van der Waals surface area contributed by atoms with Crippen molar-refractivity contribution in [3.05, 3.63) is 65.2 Å². The molecule has 0 spiro atoms. The molecular formula is C33H41N5O7. The Balaban J connectivity index is 1.73. The van der Waals surface area contributed by atoms with Crippen molar-refractivity contribution in [2.45, 2.75) is 33.1 Å². The second-order valence-corrected chi connectivity index (χ2v) is 11.4. The van der Waals surface area contributed by atoms with E-state index in [4.69, 9.17) is 24.7 Å². The lowest BCUT2D eigenvalue weighted by molar-refractivity contribution is -0.110. The number of nitrogens with two attached hydrogens (primary N) is 1. The van der Waals surface area contributed by atoms with E-state index in [-0.39, 0.29) is 34.7 Å². The van der Waals surface area contributed by atoms with Crippen LogP contribution in [0.4, 0.5) is 10.5 Å². The highest BCUT2D eigenvalue weighted by molar-refractivity contribution is 6.50. The number of anilines is 1. The van der Waals surface area contributed by atoms with Crippen LogP contribution in [0.15, 0.2) is 53.6 Å². The van der Waals surface area contributed by atoms with Crippen molar-refractivity contribution in [2.75, 3.05) is 58.5 Å². The third-order valence-corrected chi connectivity index (χ3v) is 7.33. The van der Waals surface area contributed by atoms with Gasteiger partial charge in [0, 0.05) is 30.6 Å². The Labute approximate surface area is 262 Å². The van der Waals surface area contributed by atoms with Gasteiger partial charge in [0.05, 0.1) is 38.2 Å². The molecule has 0 aliphatic carbocycles. The minimum Gasteiger partial charge on any atom is -0.494 e. The van der Waals surface area contributed by atoms with Crippen LogP contribution in [0.1, 0.15) is 49.2 Å². The Morgan fingerprint density at radius 2 is 1.73 bits per heavy atom. The summed E-state index contributed by atoms with van der Waals surface area (Å²) in [5.41, 5.74) is 9.02. The van der Waals surface area contributed by atoms with Crippen molar-refractivity contribution in [3.8, 4) is 11.5 Å². The number of methoxy groups -OCH3 is 1. The van der Waals surface area contributed by atoms with Crippen molar-refractivity contribution in [2.24, 2.45) is 10.8 Å². The van der Waals surface area contributed by atoms with Gasteiger partial charge in [0.25, 0.3) is 11.8 Å². The predicted molar refractivity (Wildman–Crippen MR) is 172 cm³/mol. The molecular weight excluding hydrogens is 578 g/mol. The van der Waals surface area contributed by atoms with E-state index in [1.54, 1.807) is 31.2 Å². The van der Waals surface area contributed by atoms with Crippen LogP contribution in [0.3, 0.4) is 0 Å². The van der Waals surface area contributed by atoms with Crippen LogP contribution in [0.5, 0.6) is 11.5 Å². The van der Waals surface area contributed by atoms with Crippen LogP contribution in [0.25, 0.3) is 10.8 Å². The molecule has 1 fully saturated rings. The molecule has 3 aromatic rings. The third-order valence-electron chi connectivity index (χ3n) is 7.33. The molecule has 240 valence electrons. The van der Waals surface area contributed by atoms with Gasteiger partial charge in [-0.25, -0.2) is 10.2 Å². The van der Waals surface area contributed by atoms with E-state index in [0.29, 0.717) is 36.5 Å². The first-order valence-electron chi connectivity index (χ1n) is 14.8. The molecule has 1 aliphatic rings. The number of carbonyl (C=O) groups excluding carboxylic acids is 3. The van der Waals surface area contributed by atoms with Gasteiger partial charge in [-0.3, -0.25) is 14.5 Å². The van der Waals surface area contributed by atoms with Gasteiger partial charge in [0.1, 0.15) is 12.4 Å². The molecule has 0 atom stereocenters. The number of amides is 3. The minimum atomic E-state index is -0.821. The van der Waals surface area contributed by atoms with Gasteiger partial charge in [0.15, 0.2) is 11.5 Å². The van der Waals surface area contributed by atoms with Crippen molar-refractivity contribution < 1.29 is 33.3 Å². The normalized spacial score (nSPS) is 14.1. The number of fused-ring (bicyclic) bond motifs is 1. The average Bonchev–Trinajstić information content (AvgIpc) is 3.01. The second-order valence-electron chi connectivity index (χ2n) is 11.4. The Kier molecular flexibility index (Phi) is 11.0. The van der Waals surface area contributed by atoms with E-state index in [2.05, 4.69) is 20.7 Å². The second kappa shape index (κ2) is 14.9. The van der Waals surface area contributed by atoms with E-state index < -0.39 is 17.9 Å². The standard InChI is InChI=1S/C33H41N5O7/c1-6-44-32(41)37-36-28(31(40)35-26-20-21(33(2,3)4)19-25(30(34)39)29(26)42-5)24-11-12-27(23-10-8-7-9-22(23)24)45-18-15-38-13-16-43-17-14-38/h7-12,19-20H,6,13-18H2,1-5H3,(H2,34,39)(H,35,40)(H,37,41)/b36-28+. The summed E-state index contributed by atoms with van der Waals surface area (Å²) in [7, 11) is 1.39. The van der Waals surface area contributed by atoms with Crippen LogP contribution in [0.2, 0.25) is 0 Å². The Bertz CT molecular complexity index is 1580. The first-order chi connectivity index (χ1) is 21.5. The van der Waals surface area contributed by atoms with Crippen LogP contribution in [-0.4, -0.2) is 81.7 Å². The van der Waals surface area contributed by atoms with Crippen molar-refractivity contribution >= 4 is 40.1 Å². The molecule has 0 saturated carbocycles. The average molecular weight is 620 g/mol. The smallest absolute Gasteiger partial charge is 0.427 e. The van der Waals surface area contributed by atoms with Crippen molar-refractivity contribution in [1.29, 1.82) is 0 Å². The molecule has 4 rings (SSSR count). The number of nitrogens with one attached hydrogen (secondary N) is 2. The molecule has 1 aliphatic heterocycles. The van der Waals surface area contributed by atoms with Gasteiger partial charge in [0.2, 0.25) is 0 Å². The number of benzene rings is 3. The summed E-state index contributed by atoms with van der Waals surface area (Å²) in [6.45, 7) is 12.0.